The van der Waals surface area contributed by atoms with Crippen molar-refractivity contribution < 1.29 is 14.3 Å². The Morgan fingerprint density at radius 1 is 1.12 bits per heavy atom. The van der Waals surface area contributed by atoms with E-state index in [0.29, 0.717) is 49.7 Å². The SMILES string of the molecule is O=Cc1cc2cnc(Nc3ccc(N4CC5COCC(CC4=O)N5)cn3)nc2n1C1CCCC1. The normalized spacial score (nSPS) is 23.3. The summed E-state index contributed by atoms with van der Waals surface area (Å²) in [5.41, 5.74) is 2.16. The van der Waals surface area contributed by atoms with Gasteiger partial charge in [-0.05, 0) is 31.0 Å². The lowest BCUT2D eigenvalue weighted by Gasteiger charge is -2.28. The predicted octanol–water partition coefficient (Wildman–Crippen LogP) is 2.59. The number of carbonyl (C=O) groups is 2. The van der Waals surface area contributed by atoms with Gasteiger partial charge in [-0.3, -0.25) is 9.59 Å². The number of carbonyl (C=O) groups excluding carboxylic acids is 2. The van der Waals surface area contributed by atoms with Crippen LogP contribution in [0.5, 0.6) is 0 Å². The summed E-state index contributed by atoms with van der Waals surface area (Å²) >= 11 is 0. The van der Waals surface area contributed by atoms with Crippen LogP contribution in [0.3, 0.4) is 0 Å². The van der Waals surface area contributed by atoms with Gasteiger partial charge in [0, 0.05) is 42.7 Å². The Hall–Kier alpha value is -3.37. The van der Waals surface area contributed by atoms with Crippen LogP contribution in [0.2, 0.25) is 0 Å². The minimum atomic E-state index is 0.0696. The first-order chi connectivity index (χ1) is 16.7. The fourth-order valence-corrected chi connectivity index (χ4v) is 5.36. The Balaban J connectivity index is 1.23. The molecule has 6 rings (SSSR count). The Bertz CT molecular complexity index is 1220. The summed E-state index contributed by atoms with van der Waals surface area (Å²) in [7, 11) is 0. The molecule has 2 bridgehead atoms. The maximum Gasteiger partial charge on any atom is 0.230 e. The zero-order valence-electron chi connectivity index (χ0n) is 18.8. The fraction of sp³-hybridized carbons (Fsp3) is 0.458. The molecule has 0 spiro atoms. The van der Waals surface area contributed by atoms with Gasteiger partial charge in [-0.15, -0.1) is 0 Å². The van der Waals surface area contributed by atoms with E-state index in [9.17, 15) is 9.59 Å². The molecule has 1 saturated carbocycles. The minimum Gasteiger partial charge on any atom is -0.378 e. The molecule has 5 heterocycles. The number of anilines is 3. The number of fused-ring (bicyclic) bond motifs is 3. The average Bonchev–Trinajstić information content (AvgIpc) is 3.48. The first-order valence-electron chi connectivity index (χ1n) is 11.9. The molecule has 3 aliphatic rings. The monoisotopic (exact) mass is 461 g/mol. The van der Waals surface area contributed by atoms with Crippen molar-refractivity contribution >= 4 is 40.7 Å². The first-order valence-corrected chi connectivity index (χ1v) is 11.9. The molecule has 2 unspecified atom stereocenters. The minimum absolute atomic E-state index is 0.0696. The number of nitrogens with zero attached hydrogens (tertiary/aromatic N) is 5. The van der Waals surface area contributed by atoms with Crippen molar-refractivity contribution in [2.45, 2.75) is 50.2 Å². The van der Waals surface area contributed by atoms with Gasteiger partial charge in [0.05, 0.1) is 30.8 Å². The topological polar surface area (TPSA) is 114 Å². The third-order valence-corrected chi connectivity index (χ3v) is 6.95. The van der Waals surface area contributed by atoms with Gasteiger partial charge in [-0.1, -0.05) is 12.8 Å². The van der Waals surface area contributed by atoms with Gasteiger partial charge in [0.25, 0.3) is 0 Å². The van der Waals surface area contributed by atoms with Crippen LogP contribution in [0.1, 0.15) is 48.6 Å². The number of ether oxygens (including phenoxy) is 1. The number of hydrogen-bond acceptors (Lipinski definition) is 8. The maximum atomic E-state index is 12.8. The molecule has 1 amide bonds. The van der Waals surface area contributed by atoms with Crippen LogP contribution in [-0.2, 0) is 9.53 Å². The Kier molecular flexibility index (Phi) is 5.46. The van der Waals surface area contributed by atoms with Crippen LogP contribution in [0.25, 0.3) is 11.0 Å². The number of aldehydes is 1. The van der Waals surface area contributed by atoms with Crippen LogP contribution in [0.4, 0.5) is 17.5 Å². The highest BCUT2D eigenvalue weighted by molar-refractivity contribution is 5.94. The van der Waals surface area contributed by atoms with E-state index in [2.05, 4.69) is 25.2 Å². The zero-order chi connectivity index (χ0) is 23.1. The van der Waals surface area contributed by atoms with Crippen LogP contribution < -0.4 is 15.5 Å². The van der Waals surface area contributed by atoms with Crippen LogP contribution in [0, 0.1) is 0 Å². The molecule has 3 fully saturated rings. The van der Waals surface area contributed by atoms with Gasteiger partial charge in [0.15, 0.2) is 6.29 Å². The molecule has 176 valence electrons. The summed E-state index contributed by atoms with van der Waals surface area (Å²) in [6, 6.07) is 6.04. The van der Waals surface area contributed by atoms with Gasteiger partial charge in [0.2, 0.25) is 11.9 Å². The number of hydrogen-bond donors (Lipinski definition) is 2. The number of nitrogens with one attached hydrogen (secondary N) is 2. The summed E-state index contributed by atoms with van der Waals surface area (Å²) in [4.78, 5) is 39.8. The molecule has 0 radical (unpaired) electrons. The molecule has 0 aromatic carbocycles. The lowest BCUT2D eigenvalue weighted by molar-refractivity contribution is -0.118. The third-order valence-electron chi connectivity index (χ3n) is 6.95. The summed E-state index contributed by atoms with van der Waals surface area (Å²) < 4.78 is 7.67. The van der Waals surface area contributed by atoms with Gasteiger partial charge < -0.3 is 24.8 Å². The van der Waals surface area contributed by atoms with Crippen molar-refractivity contribution in [1.82, 2.24) is 24.8 Å². The summed E-state index contributed by atoms with van der Waals surface area (Å²) in [6.45, 7) is 1.72. The zero-order valence-corrected chi connectivity index (χ0v) is 18.8. The maximum absolute atomic E-state index is 12.8. The van der Waals surface area contributed by atoms with E-state index in [1.165, 1.54) is 12.8 Å². The Morgan fingerprint density at radius 3 is 2.76 bits per heavy atom. The predicted molar refractivity (Wildman–Crippen MR) is 126 cm³/mol. The molecule has 10 heteroatoms. The summed E-state index contributed by atoms with van der Waals surface area (Å²) in [5.74, 6) is 1.07. The van der Waals surface area contributed by atoms with Crippen LogP contribution in [-0.4, -0.2) is 63.6 Å². The number of morpholine rings is 1. The summed E-state index contributed by atoms with van der Waals surface area (Å²) in [5, 5.41) is 7.49. The second-order valence-electron chi connectivity index (χ2n) is 9.30. The van der Waals surface area contributed by atoms with Crippen molar-refractivity contribution in [3.05, 3.63) is 36.3 Å². The molecule has 3 aromatic heterocycles. The quantitative estimate of drug-likeness (QED) is 0.558. The van der Waals surface area contributed by atoms with Crippen LogP contribution >= 0.6 is 0 Å². The second-order valence-corrected chi connectivity index (χ2v) is 9.30. The first kappa shape index (κ1) is 21.2. The Morgan fingerprint density at radius 2 is 1.97 bits per heavy atom. The molecular weight excluding hydrogens is 434 g/mol. The fourth-order valence-electron chi connectivity index (χ4n) is 5.36. The van der Waals surface area contributed by atoms with Crippen molar-refractivity contribution in [2.75, 3.05) is 30.0 Å². The smallest absolute Gasteiger partial charge is 0.230 e. The standard InChI is InChI=1S/C24H27N7O3/c32-12-20-7-15-9-26-24(29-23(15)31(20)18-3-1-2-4-18)28-21-6-5-19(10-25-21)30-11-17-14-34-13-16(27-17)8-22(30)33/h5-7,9-10,12,16-18,27H,1-4,8,11,13-14H2,(H,25,26,28,29). The van der Waals surface area contributed by atoms with E-state index < -0.39 is 0 Å². The molecular formula is C24H27N7O3. The largest absolute Gasteiger partial charge is 0.378 e. The van der Waals surface area contributed by atoms with Crippen molar-refractivity contribution in [3.8, 4) is 0 Å². The van der Waals surface area contributed by atoms with E-state index in [1.54, 1.807) is 17.3 Å². The third kappa shape index (κ3) is 3.92. The van der Waals surface area contributed by atoms with E-state index in [-0.39, 0.29) is 18.0 Å². The van der Waals surface area contributed by atoms with E-state index >= 15 is 0 Å². The number of amides is 1. The molecule has 2 atom stereocenters. The average molecular weight is 462 g/mol. The molecule has 34 heavy (non-hydrogen) atoms. The molecule has 3 aromatic rings. The van der Waals surface area contributed by atoms with Gasteiger partial charge in [-0.2, -0.15) is 4.98 Å². The molecule has 2 saturated heterocycles. The molecule has 2 N–H and O–H groups in total. The lowest BCUT2D eigenvalue weighted by Crippen LogP contribution is -2.50. The van der Waals surface area contributed by atoms with Crippen molar-refractivity contribution in [1.29, 1.82) is 0 Å². The highest BCUT2D eigenvalue weighted by Gasteiger charge is 2.32. The van der Waals surface area contributed by atoms with E-state index in [0.717, 1.165) is 35.8 Å². The molecule has 2 aliphatic heterocycles. The molecule has 1 aliphatic carbocycles. The van der Waals surface area contributed by atoms with Crippen molar-refractivity contribution in [2.24, 2.45) is 0 Å². The highest BCUT2D eigenvalue weighted by Crippen LogP contribution is 2.34. The van der Waals surface area contributed by atoms with E-state index in [1.807, 2.05) is 18.2 Å². The Labute approximate surface area is 196 Å². The number of rotatable bonds is 5. The van der Waals surface area contributed by atoms with Crippen molar-refractivity contribution in [3.63, 3.8) is 0 Å². The highest BCUT2D eigenvalue weighted by atomic mass is 16.5. The van der Waals surface area contributed by atoms with E-state index in [4.69, 9.17) is 9.72 Å². The van der Waals surface area contributed by atoms with Crippen LogP contribution in [0.15, 0.2) is 30.6 Å². The number of pyridine rings is 1. The lowest BCUT2D eigenvalue weighted by atomic mass is 10.2. The van der Waals surface area contributed by atoms with Gasteiger partial charge >= 0.3 is 0 Å². The second kappa shape index (κ2) is 8.77. The van der Waals surface area contributed by atoms with Gasteiger partial charge in [-0.25, -0.2) is 9.97 Å². The van der Waals surface area contributed by atoms with Gasteiger partial charge in [0.1, 0.15) is 11.5 Å². The summed E-state index contributed by atoms with van der Waals surface area (Å²) in [6.07, 6.45) is 9.18. The molecule has 10 nitrogen and oxygen atoms in total. The number of aromatic nitrogens is 4.